The summed E-state index contributed by atoms with van der Waals surface area (Å²) >= 11 is 1.67. The van der Waals surface area contributed by atoms with Gasteiger partial charge < -0.3 is 10.6 Å². The maximum Gasteiger partial charge on any atom is 0.191 e. The first-order chi connectivity index (χ1) is 11.6. The number of hydrogen-bond donors (Lipinski definition) is 2. The Morgan fingerprint density at radius 3 is 2.52 bits per heavy atom. The molecule has 2 rings (SSSR count). The van der Waals surface area contributed by atoms with Crippen molar-refractivity contribution in [2.45, 2.75) is 24.8 Å². The van der Waals surface area contributed by atoms with Crippen molar-refractivity contribution in [3.63, 3.8) is 0 Å². The minimum absolute atomic E-state index is 0. The molecule has 0 atom stereocenters. The van der Waals surface area contributed by atoms with Crippen LogP contribution in [0.15, 0.2) is 57.7 Å². The van der Waals surface area contributed by atoms with Crippen molar-refractivity contribution in [1.29, 1.82) is 0 Å². The number of guanidine groups is 1. The topological polar surface area (TPSA) is 70.6 Å². The molecule has 1 aromatic carbocycles. The van der Waals surface area contributed by atoms with Crippen LogP contribution >= 0.6 is 35.3 Å². The van der Waals surface area contributed by atoms with Crippen LogP contribution in [0, 0.1) is 0 Å². The Hall–Kier alpha value is -1.13. The van der Waals surface area contributed by atoms with E-state index in [-0.39, 0.29) is 29.7 Å². The summed E-state index contributed by atoms with van der Waals surface area (Å²) in [6.07, 6.45) is 0.528. The number of rotatable bonds is 8. The minimum atomic E-state index is -3.22. The molecule has 0 radical (unpaired) electrons. The SMILES string of the molecule is CCNC(=NCc1cccs1)NCCCS(=O)(=O)c1ccccc1.I. The van der Waals surface area contributed by atoms with Gasteiger partial charge in [0, 0.05) is 18.0 Å². The highest BCUT2D eigenvalue weighted by molar-refractivity contribution is 14.0. The zero-order valence-electron chi connectivity index (χ0n) is 14.1. The predicted octanol–water partition coefficient (Wildman–Crippen LogP) is 3.29. The zero-order valence-corrected chi connectivity index (χ0v) is 18.1. The summed E-state index contributed by atoms with van der Waals surface area (Å²) in [6.45, 7) is 3.94. The standard InChI is InChI=1S/C17H23N3O2S2.HI/c1-2-18-17(20-14-15-8-6-12-23-15)19-11-7-13-24(21,22)16-9-4-3-5-10-16;/h3-6,8-10,12H,2,7,11,13-14H2,1H3,(H2,18,19,20);1H. The summed E-state index contributed by atoms with van der Waals surface area (Å²) < 4.78 is 24.4. The Morgan fingerprint density at radius 1 is 1.12 bits per heavy atom. The van der Waals surface area contributed by atoms with Crippen LogP contribution in [-0.2, 0) is 16.4 Å². The third-order valence-electron chi connectivity index (χ3n) is 3.30. The summed E-state index contributed by atoms with van der Waals surface area (Å²) in [6, 6.07) is 12.6. The molecule has 0 fully saturated rings. The lowest BCUT2D eigenvalue weighted by Gasteiger charge is -2.11. The van der Waals surface area contributed by atoms with Crippen molar-refractivity contribution in [2.75, 3.05) is 18.8 Å². The fourth-order valence-corrected chi connectivity index (χ4v) is 4.08. The largest absolute Gasteiger partial charge is 0.357 e. The summed E-state index contributed by atoms with van der Waals surface area (Å²) in [5, 5.41) is 8.38. The molecule has 1 heterocycles. The van der Waals surface area contributed by atoms with Gasteiger partial charge in [-0.05, 0) is 36.9 Å². The molecule has 5 nitrogen and oxygen atoms in total. The lowest BCUT2D eigenvalue weighted by Crippen LogP contribution is -2.38. The van der Waals surface area contributed by atoms with Gasteiger partial charge in [-0.15, -0.1) is 35.3 Å². The maximum absolute atomic E-state index is 12.2. The highest BCUT2D eigenvalue weighted by atomic mass is 127. The fraction of sp³-hybridized carbons (Fsp3) is 0.353. The number of benzene rings is 1. The molecule has 0 aliphatic carbocycles. The second kappa shape index (κ2) is 11.5. The van der Waals surface area contributed by atoms with Gasteiger partial charge in [-0.3, -0.25) is 0 Å². The lowest BCUT2D eigenvalue weighted by atomic mass is 10.4. The fourth-order valence-electron chi connectivity index (χ4n) is 2.12. The lowest BCUT2D eigenvalue weighted by molar-refractivity contribution is 0.592. The summed E-state index contributed by atoms with van der Waals surface area (Å²) in [5.74, 6) is 0.831. The van der Waals surface area contributed by atoms with E-state index in [1.54, 1.807) is 35.6 Å². The van der Waals surface area contributed by atoms with Crippen LogP contribution in [0.2, 0.25) is 0 Å². The van der Waals surface area contributed by atoms with Gasteiger partial charge in [-0.2, -0.15) is 0 Å². The number of nitrogens with one attached hydrogen (secondary N) is 2. The molecule has 138 valence electrons. The second-order valence-electron chi connectivity index (χ2n) is 5.19. The number of halogens is 1. The van der Waals surface area contributed by atoms with Gasteiger partial charge >= 0.3 is 0 Å². The van der Waals surface area contributed by atoms with E-state index in [4.69, 9.17) is 0 Å². The minimum Gasteiger partial charge on any atom is -0.357 e. The van der Waals surface area contributed by atoms with Crippen molar-refractivity contribution < 1.29 is 8.42 Å². The Kier molecular flexibility index (Phi) is 10.1. The molecule has 0 bridgehead atoms. The normalized spacial score (nSPS) is 11.6. The molecule has 1 aromatic heterocycles. The van der Waals surface area contributed by atoms with Crippen LogP contribution in [0.25, 0.3) is 0 Å². The molecule has 0 unspecified atom stereocenters. The molecular weight excluding hydrogens is 469 g/mol. The van der Waals surface area contributed by atoms with Gasteiger partial charge in [0.15, 0.2) is 15.8 Å². The number of hydrogen-bond acceptors (Lipinski definition) is 4. The van der Waals surface area contributed by atoms with E-state index in [1.807, 2.05) is 30.5 Å². The number of sulfone groups is 1. The third kappa shape index (κ3) is 7.74. The van der Waals surface area contributed by atoms with E-state index in [1.165, 1.54) is 4.88 Å². The number of aliphatic imine (C=N–C) groups is 1. The quantitative estimate of drug-likeness (QED) is 0.256. The number of thiophene rings is 1. The highest BCUT2D eigenvalue weighted by Crippen LogP contribution is 2.11. The van der Waals surface area contributed by atoms with E-state index in [0.29, 0.717) is 30.4 Å². The first-order valence-corrected chi connectivity index (χ1v) is 10.5. The molecule has 25 heavy (non-hydrogen) atoms. The van der Waals surface area contributed by atoms with Crippen LogP contribution < -0.4 is 10.6 Å². The number of nitrogens with zero attached hydrogens (tertiary/aromatic N) is 1. The summed E-state index contributed by atoms with van der Waals surface area (Å²) in [5.41, 5.74) is 0. The average molecular weight is 493 g/mol. The molecule has 0 amide bonds. The van der Waals surface area contributed by atoms with E-state index in [9.17, 15) is 8.42 Å². The van der Waals surface area contributed by atoms with E-state index in [0.717, 1.165) is 6.54 Å². The highest BCUT2D eigenvalue weighted by Gasteiger charge is 2.13. The molecule has 2 N–H and O–H groups in total. The van der Waals surface area contributed by atoms with Crippen LogP contribution in [0.1, 0.15) is 18.2 Å². The first-order valence-electron chi connectivity index (χ1n) is 7.94. The van der Waals surface area contributed by atoms with Crippen molar-refractivity contribution in [3.8, 4) is 0 Å². The van der Waals surface area contributed by atoms with Gasteiger partial charge in [0.1, 0.15) is 0 Å². The molecule has 0 aliphatic heterocycles. The molecule has 0 saturated carbocycles. The van der Waals surface area contributed by atoms with Gasteiger partial charge in [0.25, 0.3) is 0 Å². The third-order valence-corrected chi connectivity index (χ3v) is 5.98. The van der Waals surface area contributed by atoms with Gasteiger partial charge in [-0.1, -0.05) is 24.3 Å². The van der Waals surface area contributed by atoms with Crippen LogP contribution in [0.3, 0.4) is 0 Å². The van der Waals surface area contributed by atoms with Crippen LogP contribution in [-0.4, -0.2) is 33.2 Å². The van der Waals surface area contributed by atoms with E-state index >= 15 is 0 Å². The Bertz CT molecular complexity index is 733. The van der Waals surface area contributed by atoms with Crippen molar-refractivity contribution in [1.82, 2.24) is 10.6 Å². The monoisotopic (exact) mass is 493 g/mol. The van der Waals surface area contributed by atoms with E-state index in [2.05, 4.69) is 15.6 Å². The molecule has 0 saturated heterocycles. The summed E-state index contributed by atoms with van der Waals surface area (Å²) in [4.78, 5) is 6.07. The second-order valence-corrected chi connectivity index (χ2v) is 8.33. The predicted molar refractivity (Wildman–Crippen MR) is 116 cm³/mol. The Morgan fingerprint density at radius 2 is 1.88 bits per heavy atom. The van der Waals surface area contributed by atoms with Crippen LogP contribution in [0.4, 0.5) is 0 Å². The molecule has 0 aliphatic rings. The van der Waals surface area contributed by atoms with E-state index < -0.39 is 9.84 Å². The molecule has 0 spiro atoms. The van der Waals surface area contributed by atoms with Crippen molar-refractivity contribution >= 4 is 51.1 Å². The van der Waals surface area contributed by atoms with Gasteiger partial charge in [0.05, 0.1) is 17.2 Å². The Balaban J connectivity index is 0.00000312. The Labute approximate surface area is 170 Å². The maximum atomic E-state index is 12.2. The van der Waals surface area contributed by atoms with Crippen LogP contribution in [0.5, 0.6) is 0 Å². The first kappa shape index (κ1) is 21.9. The average Bonchev–Trinajstić information content (AvgIpc) is 3.11. The van der Waals surface area contributed by atoms with Gasteiger partial charge in [0.2, 0.25) is 0 Å². The van der Waals surface area contributed by atoms with Crippen molar-refractivity contribution in [2.24, 2.45) is 4.99 Å². The molecule has 8 heteroatoms. The molecular formula is C17H24IN3O2S2. The zero-order chi connectivity index (χ0) is 17.3. The van der Waals surface area contributed by atoms with Crippen molar-refractivity contribution in [3.05, 3.63) is 52.7 Å². The molecule has 2 aromatic rings. The summed E-state index contributed by atoms with van der Waals surface area (Å²) in [7, 11) is -3.22. The smallest absolute Gasteiger partial charge is 0.191 e. The van der Waals surface area contributed by atoms with Gasteiger partial charge in [-0.25, -0.2) is 13.4 Å².